The number of cyclic esters (lactones) is 1. The summed E-state index contributed by atoms with van der Waals surface area (Å²) >= 11 is 6.15. The van der Waals surface area contributed by atoms with Crippen molar-refractivity contribution in [3.05, 3.63) is 23.8 Å². The Morgan fingerprint density at radius 1 is 0.957 bits per heavy atom. The van der Waals surface area contributed by atoms with Crippen LogP contribution in [0, 0.1) is 17.3 Å². The molecule has 5 atom stereocenters. The monoisotopic (exact) mass is 698 g/mol. The zero-order chi connectivity index (χ0) is 35.1. The first-order chi connectivity index (χ1) is 21.6. The Morgan fingerprint density at radius 2 is 1.50 bits per heavy atom. The third-order valence-corrected chi connectivity index (χ3v) is 20.4. The Morgan fingerprint density at radius 3 is 2.00 bits per heavy atom. The number of carbonyl (C=O) groups excluding carboxylic acids is 3. The first-order valence-corrected chi connectivity index (χ1v) is 23.7. The molecule has 1 heterocycles. The molecule has 46 heavy (non-hydrogen) atoms. The SMILES string of the molecule is CC[Si](CC)(CC)O[C@H]1[C@@H](C)/C=C/C/C(C)=C\C[C@@H](C(C)=O)OC(=O)C[C@H](O[Si](CC)(CC)CC)C(C)(C)C(=O)[C@@H]1CCCCCl. The highest BCUT2D eigenvalue weighted by Crippen LogP contribution is 2.40. The lowest BCUT2D eigenvalue weighted by Crippen LogP contribution is -2.53. The summed E-state index contributed by atoms with van der Waals surface area (Å²) in [7, 11) is -4.36. The Balaban J connectivity index is 3.96. The Kier molecular flexibility index (Phi) is 19.1. The standard InChI is InChI=1S/C37H67ClO6Si2/c1-12-45(13-2,14-3)43-33-27-34(40)42-32(30(9)39)25-24-28(7)21-20-22-29(8)35(44-46(15-4,16-5)17-6)31(23-18-19-26-38)36(41)37(33,10)11/h20,22,24,29,31-33,35H,12-19,21,23,25-27H2,1-11H3/b22-20+,28-24-/t29-,31+,32-,33-,35-/m0/s1. The van der Waals surface area contributed by atoms with Crippen LogP contribution in [0.5, 0.6) is 0 Å². The zero-order valence-corrected chi connectivity index (χ0v) is 33.9. The third-order valence-electron chi connectivity index (χ3n) is 10.9. The fraction of sp³-hybridized carbons (Fsp3) is 0.811. The number of alkyl halides is 1. The largest absolute Gasteiger partial charge is 0.454 e. The molecule has 0 amide bonds. The number of halogens is 1. The summed E-state index contributed by atoms with van der Waals surface area (Å²) in [5.74, 6) is -0.446. The van der Waals surface area contributed by atoms with Gasteiger partial charge in [-0.15, -0.1) is 11.6 Å². The van der Waals surface area contributed by atoms with Crippen molar-refractivity contribution < 1.29 is 28.0 Å². The molecule has 0 fully saturated rings. The van der Waals surface area contributed by atoms with Crippen molar-refractivity contribution in [1.82, 2.24) is 0 Å². The lowest BCUT2D eigenvalue weighted by Gasteiger charge is -2.44. The van der Waals surface area contributed by atoms with Gasteiger partial charge in [0.15, 0.2) is 28.5 Å². The molecule has 9 heteroatoms. The topological polar surface area (TPSA) is 78.9 Å². The number of ketones is 2. The highest BCUT2D eigenvalue weighted by molar-refractivity contribution is 6.74. The summed E-state index contributed by atoms with van der Waals surface area (Å²) in [6.45, 7) is 22.7. The maximum absolute atomic E-state index is 15.2. The van der Waals surface area contributed by atoms with Gasteiger partial charge in [0.05, 0.1) is 18.6 Å². The van der Waals surface area contributed by atoms with Gasteiger partial charge in [-0.05, 0) is 75.3 Å². The van der Waals surface area contributed by atoms with E-state index in [1.165, 1.54) is 6.92 Å². The Labute approximate surface area is 289 Å². The van der Waals surface area contributed by atoms with Crippen LogP contribution in [-0.4, -0.2) is 58.4 Å². The van der Waals surface area contributed by atoms with Gasteiger partial charge in [0.1, 0.15) is 5.78 Å². The first kappa shape index (κ1) is 43.0. The number of Topliss-reactive ketones (excluding diaryl/α,β-unsaturated/α-hetero) is 2. The molecule has 0 bridgehead atoms. The van der Waals surface area contributed by atoms with E-state index in [9.17, 15) is 9.59 Å². The average molecular weight is 700 g/mol. The van der Waals surface area contributed by atoms with Crippen LogP contribution in [0.25, 0.3) is 0 Å². The number of rotatable bonds is 15. The number of esters is 1. The van der Waals surface area contributed by atoms with E-state index in [1.807, 2.05) is 26.8 Å². The zero-order valence-electron chi connectivity index (χ0n) is 31.1. The lowest BCUT2D eigenvalue weighted by molar-refractivity contribution is -0.158. The minimum atomic E-state index is -2.25. The molecule has 0 spiro atoms. The van der Waals surface area contributed by atoms with Crippen molar-refractivity contribution in [2.75, 3.05) is 5.88 Å². The maximum Gasteiger partial charge on any atom is 0.309 e. The molecule has 6 nitrogen and oxygen atoms in total. The van der Waals surface area contributed by atoms with Crippen LogP contribution in [0.3, 0.4) is 0 Å². The predicted molar refractivity (Wildman–Crippen MR) is 197 cm³/mol. The number of allylic oxidation sites excluding steroid dienone is 2. The molecule has 1 aliphatic rings. The van der Waals surface area contributed by atoms with E-state index in [2.05, 4.69) is 60.6 Å². The number of hydrogen-bond acceptors (Lipinski definition) is 6. The molecular weight excluding hydrogens is 632 g/mol. The molecule has 1 aliphatic heterocycles. The number of unbranched alkanes of at least 4 members (excludes halogenated alkanes) is 1. The minimum absolute atomic E-state index is 0.00248. The molecule has 0 saturated carbocycles. The van der Waals surface area contributed by atoms with Crippen LogP contribution >= 0.6 is 11.6 Å². The van der Waals surface area contributed by atoms with Crippen molar-refractivity contribution >= 4 is 45.8 Å². The van der Waals surface area contributed by atoms with E-state index in [4.69, 9.17) is 25.2 Å². The van der Waals surface area contributed by atoms with E-state index < -0.39 is 40.2 Å². The molecule has 0 N–H and O–H groups in total. The van der Waals surface area contributed by atoms with E-state index in [1.54, 1.807) is 0 Å². The fourth-order valence-corrected chi connectivity index (χ4v) is 12.9. The van der Waals surface area contributed by atoms with Crippen LogP contribution in [0.2, 0.25) is 36.3 Å². The van der Waals surface area contributed by atoms with Crippen molar-refractivity contribution in [2.24, 2.45) is 17.3 Å². The van der Waals surface area contributed by atoms with Crippen LogP contribution in [0.4, 0.5) is 0 Å². The molecule has 0 aromatic rings. The van der Waals surface area contributed by atoms with Crippen molar-refractivity contribution in [3.8, 4) is 0 Å². The smallest absolute Gasteiger partial charge is 0.309 e. The molecule has 0 aliphatic carbocycles. The van der Waals surface area contributed by atoms with E-state index in [0.29, 0.717) is 25.1 Å². The van der Waals surface area contributed by atoms with Gasteiger partial charge in [-0.1, -0.05) is 92.5 Å². The highest BCUT2D eigenvalue weighted by atomic mass is 35.5. The number of hydrogen-bond donors (Lipinski definition) is 0. The summed E-state index contributed by atoms with van der Waals surface area (Å²) in [4.78, 5) is 41.3. The van der Waals surface area contributed by atoms with E-state index in [0.717, 1.165) is 54.7 Å². The predicted octanol–water partition coefficient (Wildman–Crippen LogP) is 10.2. The second-order valence-electron chi connectivity index (χ2n) is 14.1. The molecular formula is C37H67ClO6Si2. The number of carbonyl (C=O) groups is 3. The van der Waals surface area contributed by atoms with Gasteiger partial charge in [-0.25, -0.2) is 0 Å². The second kappa shape index (κ2) is 20.4. The van der Waals surface area contributed by atoms with Gasteiger partial charge in [-0.2, -0.15) is 0 Å². The highest BCUT2D eigenvalue weighted by Gasteiger charge is 2.49. The molecule has 0 radical (unpaired) electrons. The van der Waals surface area contributed by atoms with Gasteiger partial charge in [-0.3, -0.25) is 14.4 Å². The molecule has 0 saturated heterocycles. The fourth-order valence-electron chi connectivity index (χ4n) is 6.76. The molecule has 0 aromatic heterocycles. The van der Waals surface area contributed by atoms with Crippen molar-refractivity contribution in [1.29, 1.82) is 0 Å². The second-order valence-corrected chi connectivity index (χ2v) is 23.9. The summed E-state index contributed by atoms with van der Waals surface area (Å²) in [6, 6.07) is 5.65. The quantitative estimate of drug-likeness (QED) is 0.0557. The summed E-state index contributed by atoms with van der Waals surface area (Å²) in [6.07, 6.45) is 7.80. The number of ether oxygens (including phenoxy) is 1. The van der Waals surface area contributed by atoms with Gasteiger partial charge in [0.25, 0.3) is 0 Å². The molecule has 0 aromatic carbocycles. The van der Waals surface area contributed by atoms with Crippen LogP contribution in [0.1, 0.15) is 115 Å². The van der Waals surface area contributed by atoms with E-state index >= 15 is 4.79 Å². The molecule has 1 rings (SSSR count). The van der Waals surface area contributed by atoms with Crippen LogP contribution in [-0.2, 0) is 28.0 Å². The van der Waals surface area contributed by atoms with Gasteiger partial charge in [0, 0.05) is 23.6 Å². The molecule has 266 valence electrons. The summed E-state index contributed by atoms with van der Waals surface area (Å²) in [5, 5.41) is 0. The summed E-state index contributed by atoms with van der Waals surface area (Å²) < 4.78 is 20.2. The van der Waals surface area contributed by atoms with Gasteiger partial charge >= 0.3 is 5.97 Å². The summed E-state index contributed by atoms with van der Waals surface area (Å²) in [5.41, 5.74) is 0.0955. The first-order valence-electron chi connectivity index (χ1n) is 18.1. The average Bonchev–Trinajstić information content (AvgIpc) is 3.03. The Bertz CT molecular complexity index is 1000. The maximum atomic E-state index is 15.2. The minimum Gasteiger partial charge on any atom is -0.454 e. The van der Waals surface area contributed by atoms with Gasteiger partial charge < -0.3 is 13.6 Å². The van der Waals surface area contributed by atoms with Crippen molar-refractivity contribution in [2.45, 2.75) is 169 Å². The van der Waals surface area contributed by atoms with Gasteiger partial charge in [0.2, 0.25) is 0 Å². The van der Waals surface area contributed by atoms with E-state index in [-0.39, 0.29) is 35.9 Å². The third kappa shape index (κ3) is 12.1. The van der Waals surface area contributed by atoms with Crippen LogP contribution < -0.4 is 0 Å². The van der Waals surface area contributed by atoms with Crippen molar-refractivity contribution in [3.63, 3.8) is 0 Å². The lowest BCUT2D eigenvalue weighted by atomic mass is 9.71. The Hall–Kier alpha value is -1.07. The van der Waals surface area contributed by atoms with Crippen LogP contribution in [0.15, 0.2) is 23.8 Å². The molecule has 0 unspecified atom stereocenters. The normalized spacial score (nSPS) is 27.5.